The van der Waals surface area contributed by atoms with Gasteiger partial charge in [0.2, 0.25) is 0 Å². The van der Waals surface area contributed by atoms with Gasteiger partial charge >= 0.3 is 0 Å². The molecule has 1 N–H and O–H groups in total. The summed E-state index contributed by atoms with van der Waals surface area (Å²) in [6.07, 6.45) is 2.41. The third kappa shape index (κ3) is 4.77. The zero-order valence-corrected chi connectivity index (χ0v) is 10.8. The summed E-state index contributed by atoms with van der Waals surface area (Å²) in [5.74, 6) is -1.51. The first-order valence-corrected chi connectivity index (χ1v) is 5.97. The van der Waals surface area contributed by atoms with Crippen molar-refractivity contribution in [1.82, 2.24) is 5.32 Å². The molecule has 0 fully saturated rings. The Bertz CT molecular complexity index is 505. The third-order valence-electron chi connectivity index (χ3n) is 2.40. The van der Waals surface area contributed by atoms with Gasteiger partial charge in [-0.1, -0.05) is 6.08 Å². The Hall–Kier alpha value is -2.28. The summed E-state index contributed by atoms with van der Waals surface area (Å²) in [4.78, 5) is 21.6. The number of hydrogen-bond donors (Lipinski definition) is 1. The molecule has 0 saturated carbocycles. The molecule has 0 bridgehead atoms. The van der Waals surface area contributed by atoms with E-state index in [-0.39, 0.29) is 24.4 Å². The van der Waals surface area contributed by atoms with E-state index in [9.17, 15) is 19.3 Å². The van der Waals surface area contributed by atoms with Crippen LogP contribution in [0.4, 0.5) is 10.1 Å². The van der Waals surface area contributed by atoms with E-state index in [1.807, 2.05) is 0 Å². The number of ether oxygens (including phenoxy) is 1. The van der Waals surface area contributed by atoms with Gasteiger partial charge in [-0.05, 0) is 12.5 Å². The highest BCUT2D eigenvalue weighted by atomic mass is 19.1. The molecule has 20 heavy (non-hydrogen) atoms. The van der Waals surface area contributed by atoms with Gasteiger partial charge < -0.3 is 10.1 Å². The van der Waals surface area contributed by atoms with Crippen LogP contribution in [0.25, 0.3) is 0 Å². The number of carbonyl (C=O) groups is 1. The molecule has 1 rings (SSSR count). The standard InChI is InChI=1S/C13H15FN2O4/c1-2-3-7-20-8-6-15-13(17)11-9-10(16(18)19)4-5-12(11)14/h2,4-5,9H,1,3,6-8H2,(H,15,17). The van der Waals surface area contributed by atoms with Crippen molar-refractivity contribution in [2.45, 2.75) is 6.42 Å². The van der Waals surface area contributed by atoms with Crippen LogP contribution in [0, 0.1) is 15.9 Å². The number of nitrogens with zero attached hydrogens (tertiary/aromatic N) is 1. The molecule has 0 heterocycles. The van der Waals surface area contributed by atoms with E-state index < -0.39 is 16.6 Å². The van der Waals surface area contributed by atoms with Gasteiger partial charge in [0.25, 0.3) is 11.6 Å². The lowest BCUT2D eigenvalue weighted by molar-refractivity contribution is -0.384. The molecule has 1 aromatic carbocycles. The van der Waals surface area contributed by atoms with E-state index in [4.69, 9.17) is 4.74 Å². The molecule has 0 radical (unpaired) electrons. The van der Waals surface area contributed by atoms with Crippen molar-refractivity contribution in [3.05, 3.63) is 52.3 Å². The summed E-state index contributed by atoms with van der Waals surface area (Å²) in [6.45, 7) is 4.49. The number of nitro benzene ring substituents is 1. The summed E-state index contributed by atoms with van der Waals surface area (Å²) >= 11 is 0. The molecule has 0 aromatic heterocycles. The molecule has 1 aromatic rings. The van der Waals surface area contributed by atoms with Crippen LogP contribution < -0.4 is 5.32 Å². The summed E-state index contributed by atoms with van der Waals surface area (Å²) < 4.78 is 18.6. The molecular formula is C13H15FN2O4. The minimum Gasteiger partial charge on any atom is -0.379 e. The molecule has 0 saturated heterocycles. The average Bonchev–Trinajstić information content (AvgIpc) is 2.42. The molecule has 6 nitrogen and oxygen atoms in total. The molecule has 108 valence electrons. The number of nitrogens with one attached hydrogen (secondary N) is 1. The molecule has 0 atom stereocenters. The highest BCUT2D eigenvalue weighted by Crippen LogP contribution is 2.16. The number of benzene rings is 1. The smallest absolute Gasteiger partial charge is 0.270 e. The summed E-state index contributed by atoms with van der Waals surface area (Å²) in [6, 6.07) is 2.81. The Labute approximate surface area is 115 Å². The molecule has 1 amide bonds. The number of carbonyl (C=O) groups excluding carboxylic acids is 1. The van der Waals surface area contributed by atoms with Crippen molar-refractivity contribution in [1.29, 1.82) is 0 Å². The molecular weight excluding hydrogens is 267 g/mol. The van der Waals surface area contributed by atoms with Gasteiger partial charge in [-0.15, -0.1) is 6.58 Å². The molecule has 7 heteroatoms. The molecule has 0 spiro atoms. The van der Waals surface area contributed by atoms with Crippen LogP contribution in [0.1, 0.15) is 16.8 Å². The van der Waals surface area contributed by atoms with Gasteiger partial charge in [-0.3, -0.25) is 14.9 Å². The maximum absolute atomic E-state index is 13.4. The predicted octanol–water partition coefficient (Wildman–Crippen LogP) is 2.06. The quantitative estimate of drug-likeness (QED) is 0.342. The second-order valence-corrected chi connectivity index (χ2v) is 3.87. The normalized spacial score (nSPS) is 10.1. The van der Waals surface area contributed by atoms with Crippen molar-refractivity contribution in [2.75, 3.05) is 19.8 Å². The van der Waals surface area contributed by atoms with Gasteiger partial charge in [0.05, 0.1) is 23.7 Å². The molecule has 0 aliphatic carbocycles. The Morgan fingerprint density at radius 2 is 2.25 bits per heavy atom. The van der Waals surface area contributed by atoms with Crippen molar-refractivity contribution < 1.29 is 18.8 Å². The van der Waals surface area contributed by atoms with Crippen LogP contribution >= 0.6 is 0 Å². The van der Waals surface area contributed by atoms with Gasteiger partial charge in [0.1, 0.15) is 5.82 Å². The van der Waals surface area contributed by atoms with Gasteiger partial charge in [-0.2, -0.15) is 0 Å². The number of amides is 1. The van der Waals surface area contributed by atoms with Crippen LogP contribution in [0.3, 0.4) is 0 Å². The van der Waals surface area contributed by atoms with Crippen LogP contribution in [-0.4, -0.2) is 30.6 Å². The Morgan fingerprint density at radius 3 is 2.90 bits per heavy atom. The largest absolute Gasteiger partial charge is 0.379 e. The highest BCUT2D eigenvalue weighted by molar-refractivity contribution is 5.95. The van der Waals surface area contributed by atoms with E-state index in [2.05, 4.69) is 11.9 Å². The summed E-state index contributed by atoms with van der Waals surface area (Å²) in [5, 5.41) is 13.0. The van der Waals surface area contributed by atoms with Crippen molar-refractivity contribution >= 4 is 11.6 Å². The lowest BCUT2D eigenvalue weighted by Gasteiger charge is -2.06. The zero-order chi connectivity index (χ0) is 15.0. The van der Waals surface area contributed by atoms with E-state index in [1.54, 1.807) is 6.08 Å². The van der Waals surface area contributed by atoms with Crippen LogP contribution in [0.5, 0.6) is 0 Å². The minimum atomic E-state index is -0.805. The number of halogens is 1. The average molecular weight is 282 g/mol. The van der Waals surface area contributed by atoms with Gasteiger partial charge in [-0.25, -0.2) is 4.39 Å². The topological polar surface area (TPSA) is 81.5 Å². The fourth-order valence-electron chi connectivity index (χ4n) is 1.40. The fraction of sp³-hybridized carbons (Fsp3) is 0.308. The molecule has 0 unspecified atom stereocenters. The molecule has 0 aliphatic rings. The summed E-state index contributed by atoms with van der Waals surface area (Å²) in [7, 11) is 0. The van der Waals surface area contributed by atoms with E-state index in [1.165, 1.54) is 0 Å². The monoisotopic (exact) mass is 282 g/mol. The summed E-state index contributed by atoms with van der Waals surface area (Å²) in [5.41, 5.74) is -0.691. The second kappa shape index (κ2) is 8.00. The van der Waals surface area contributed by atoms with Crippen LogP contribution in [0.15, 0.2) is 30.9 Å². The lowest BCUT2D eigenvalue weighted by Crippen LogP contribution is -2.28. The van der Waals surface area contributed by atoms with Crippen LogP contribution in [0.2, 0.25) is 0 Å². The Morgan fingerprint density at radius 1 is 1.50 bits per heavy atom. The highest BCUT2D eigenvalue weighted by Gasteiger charge is 2.16. The van der Waals surface area contributed by atoms with Crippen LogP contribution in [-0.2, 0) is 4.74 Å². The maximum atomic E-state index is 13.4. The van der Waals surface area contributed by atoms with Gasteiger partial charge in [0.15, 0.2) is 0 Å². The third-order valence-corrected chi connectivity index (χ3v) is 2.40. The maximum Gasteiger partial charge on any atom is 0.270 e. The minimum absolute atomic E-state index is 0.193. The van der Waals surface area contributed by atoms with E-state index >= 15 is 0 Å². The number of nitro groups is 1. The fourth-order valence-corrected chi connectivity index (χ4v) is 1.40. The first kappa shape index (κ1) is 15.8. The number of non-ortho nitro benzene ring substituents is 1. The molecule has 0 aliphatic heterocycles. The first-order valence-electron chi connectivity index (χ1n) is 5.97. The van der Waals surface area contributed by atoms with E-state index in [0.29, 0.717) is 13.0 Å². The lowest BCUT2D eigenvalue weighted by atomic mass is 10.1. The Kier molecular flexibility index (Phi) is 6.31. The van der Waals surface area contributed by atoms with Crippen molar-refractivity contribution in [2.24, 2.45) is 0 Å². The zero-order valence-electron chi connectivity index (χ0n) is 10.8. The first-order chi connectivity index (χ1) is 9.56. The van der Waals surface area contributed by atoms with Crippen molar-refractivity contribution in [3.8, 4) is 0 Å². The Balaban J connectivity index is 2.52. The SMILES string of the molecule is C=CCCOCCNC(=O)c1cc([N+](=O)[O-])ccc1F. The van der Waals surface area contributed by atoms with E-state index in [0.717, 1.165) is 18.2 Å². The number of rotatable bonds is 8. The predicted molar refractivity (Wildman–Crippen MR) is 71.0 cm³/mol. The number of hydrogen-bond acceptors (Lipinski definition) is 4. The van der Waals surface area contributed by atoms with Crippen molar-refractivity contribution in [3.63, 3.8) is 0 Å². The van der Waals surface area contributed by atoms with Gasteiger partial charge in [0, 0.05) is 18.7 Å². The second-order valence-electron chi connectivity index (χ2n) is 3.87.